The molecule has 0 aliphatic rings. The molecule has 0 unspecified atom stereocenters. The van der Waals surface area contributed by atoms with Crippen LogP contribution in [-0.4, -0.2) is 44.2 Å². The van der Waals surface area contributed by atoms with E-state index in [4.69, 9.17) is 0 Å². The van der Waals surface area contributed by atoms with Crippen molar-refractivity contribution in [1.29, 1.82) is 0 Å². The average Bonchev–Trinajstić information content (AvgIpc) is 3.26. The topological polar surface area (TPSA) is 72.7 Å². The number of hydrogen-bond acceptors (Lipinski definition) is 7. The first kappa shape index (κ1) is 21.1. The molecular weight excluding hydrogens is 410 g/mol. The van der Waals surface area contributed by atoms with Gasteiger partial charge < -0.3 is 9.88 Å². The van der Waals surface area contributed by atoms with Gasteiger partial charge in [-0.25, -0.2) is 4.98 Å². The van der Waals surface area contributed by atoms with E-state index in [9.17, 15) is 4.79 Å². The lowest BCUT2D eigenvalue weighted by molar-refractivity contribution is -0.118. The number of carbonyl (C=O) groups excluding carboxylic acids is 1. The second kappa shape index (κ2) is 10.3. The second-order valence-corrected chi connectivity index (χ2v) is 9.82. The summed E-state index contributed by atoms with van der Waals surface area (Å²) in [5.41, 5.74) is 0.991. The van der Waals surface area contributed by atoms with Gasteiger partial charge in [0.25, 0.3) is 0 Å². The van der Waals surface area contributed by atoms with Crippen LogP contribution in [0.4, 0.5) is 0 Å². The van der Waals surface area contributed by atoms with Gasteiger partial charge in [-0.1, -0.05) is 49.5 Å². The highest BCUT2D eigenvalue weighted by Crippen LogP contribution is 2.29. The highest BCUT2D eigenvalue weighted by Gasteiger charge is 2.13. The maximum atomic E-state index is 12.1. The number of nitrogens with one attached hydrogen (secondary N) is 1. The molecule has 0 atom stereocenters. The summed E-state index contributed by atoms with van der Waals surface area (Å²) in [6, 6.07) is 8.03. The Balaban J connectivity index is 1.41. The van der Waals surface area contributed by atoms with Crippen LogP contribution < -0.4 is 5.32 Å². The number of nitrogens with zero attached hydrogens (tertiary/aromatic N) is 4. The highest BCUT2D eigenvalue weighted by atomic mass is 32.2. The Morgan fingerprint density at radius 1 is 1.29 bits per heavy atom. The minimum absolute atomic E-state index is 0.0395. The molecule has 1 N–H and O–H groups in total. The molecule has 2 heterocycles. The molecular formula is C19H25N5OS3. The fourth-order valence-electron chi connectivity index (χ4n) is 2.77. The van der Waals surface area contributed by atoms with Crippen molar-refractivity contribution in [2.24, 2.45) is 5.92 Å². The molecule has 0 saturated heterocycles. The largest absolute Gasteiger partial charge is 0.355 e. The lowest BCUT2D eigenvalue weighted by Gasteiger charge is -2.11. The van der Waals surface area contributed by atoms with Crippen molar-refractivity contribution >= 4 is 51.0 Å². The number of rotatable bonds is 10. The number of aryl methyl sites for hydroxylation is 1. The summed E-state index contributed by atoms with van der Waals surface area (Å²) in [4.78, 5) is 16.7. The van der Waals surface area contributed by atoms with Crippen molar-refractivity contribution in [3.63, 3.8) is 0 Å². The van der Waals surface area contributed by atoms with Crippen LogP contribution in [0.25, 0.3) is 10.2 Å². The van der Waals surface area contributed by atoms with Crippen molar-refractivity contribution in [2.75, 3.05) is 18.6 Å². The zero-order chi connectivity index (χ0) is 19.9. The van der Waals surface area contributed by atoms with Crippen molar-refractivity contribution in [1.82, 2.24) is 25.1 Å². The average molecular weight is 436 g/mol. The van der Waals surface area contributed by atoms with Crippen molar-refractivity contribution in [3.05, 3.63) is 30.1 Å². The molecule has 0 aliphatic carbocycles. The Morgan fingerprint density at radius 2 is 2.11 bits per heavy atom. The Kier molecular flexibility index (Phi) is 7.75. The van der Waals surface area contributed by atoms with Gasteiger partial charge in [0, 0.05) is 19.5 Å². The summed E-state index contributed by atoms with van der Waals surface area (Å²) >= 11 is 4.74. The monoisotopic (exact) mass is 435 g/mol. The van der Waals surface area contributed by atoms with Gasteiger partial charge in [-0.2, -0.15) is 0 Å². The minimum Gasteiger partial charge on any atom is -0.355 e. The number of benzene rings is 1. The van der Waals surface area contributed by atoms with E-state index < -0.39 is 0 Å². The number of hydrogen-bond donors (Lipinski definition) is 1. The van der Waals surface area contributed by atoms with E-state index in [1.54, 1.807) is 23.1 Å². The summed E-state index contributed by atoms with van der Waals surface area (Å²) < 4.78 is 4.28. The van der Waals surface area contributed by atoms with Gasteiger partial charge >= 0.3 is 0 Å². The van der Waals surface area contributed by atoms with Crippen LogP contribution in [0, 0.1) is 5.92 Å². The zero-order valence-electron chi connectivity index (χ0n) is 16.3. The Labute approximate surface area is 177 Å². The molecule has 9 heteroatoms. The number of thioether (sulfide) groups is 2. The van der Waals surface area contributed by atoms with E-state index in [1.165, 1.54) is 11.8 Å². The first-order valence-corrected chi connectivity index (χ1v) is 12.3. The van der Waals surface area contributed by atoms with Crippen LogP contribution in [0.1, 0.15) is 26.1 Å². The Morgan fingerprint density at radius 3 is 2.86 bits per heavy atom. The summed E-state index contributed by atoms with van der Waals surface area (Å²) in [6.07, 6.45) is 3.68. The van der Waals surface area contributed by atoms with Gasteiger partial charge in [-0.05, 0) is 30.7 Å². The number of thiazole rings is 1. The van der Waals surface area contributed by atoms with E-state index in [-0.39, 0.29) is 5.91 Å². The molecule has 0 fully saturated rings. The van der Waals surface area contributed by atoms with Crippen molar-refractivity contribution < 1.29 is 4.79 Å². The first-order valence-electron chi connectivity index (χ1n) is 9.28. The van der Waals surface area contributed by atoms with Crippen molar-refractivity contribution in [3.8, 4) is 0 Å². The van der Waals surface area contributed by atoms with Gasteiger partial charge in [0.05, 0.1) is 16.0 Å². The molecule has 3 rings (SSSR count). The lowest BCUT2D eigenvalue weighted by atomic mass is 10.2. The summed E-state index contributed by atoms with van der Waals surface area (Å²) in [7, 11) is 0. The van der Waals surface area contributed by atoms with Gasteiger partial charge in [0.2, 0.25) is 5.91 Å². The third-order valence-electron chi connectivity index (χ3n) is 4.02. The third-order valence-corrected chi connectivity index (χ3v) is 6.87. The highest BCUT2D eigenvalue weighted by molar-refractivity contribution is 8.01. The zero-order valence-corrected chi connectivity index (χ0v) is 18.8. The van der Waals surface area contributed by atoms with Crippen LogP contribution in [0.15, 0.2) is 33.8 Å². The van der Waals surface area contributed by atoms with E-state index in [2.05, 4.69) is 45.0 Å². The third kappa shape index (κ3) is 5.71. The van der Waals surface area contributed by atoms with Gasteiger partial charge in [-0.3, -0.25) is 4.79 Å². The van der Waals surface area contributed by atoms with Crippen LogP contribution in [0.5, 0.6) is 0 Å². The normalized spacial score (nSPS) is 11.4. The van der Waals surface area contributed by atoms with Gasteiger partial charge in [-0.15, -0.1) is 21.5 Å². The molecule has 0 radical (unpaired) electrons. The Hall–Kier alpha value is -1.58. The molecule has 28 heavy (non-hydrogen) atoms. The molecule has 1 aromatic carbocycles. The van der Waals surface area contributed by atoms with E-state index in [1.807, 2.05) is 24.5 Å². The summed E-state index contributed by atoms with van der Waals surface area (Å²) in [6.45, 7) is 5.94. The van der Waals surface area contributed by atoms with Gasteiger partial charge in [0.1, 0.15) is 5.82 Å². The number of carbonyl (C=O) groups is 1. The molecule has 0 bridgehead atoms. The molecule has 150 valence electrons. The first-order chi connectivity index (χ1) is 13.6. The molecule has 6 nitrogen and oxygen atoms in total. The summed E-state index contributed by atoms with van der Waals surface area (Å²) in [5, 5.41) is 12.5. The molecule has 0 aliphatic heterocycles. The molecule has 0 spiro atoms. The smallest absolute Gasteiger partial charge is 0.230 e. The number of para-hydroxylation sites is 1. The van der Waals surface area contributed by atoms with Crippen LogP contribution >= 0.6 is 34.9 Å². The van der Waals surface area contributed by atoms with Gasteiger partial charge in [0.15, 0.2) is 9.50 Å². The Bertz CT molecular complexity index is 888. The van der Waals surface area contributed by atoms with Crippen molar-refractivity contribution in [2.45, 2.75) is 42.7 Å². The van der Waals surface area contributed by atoms with E-state index in [0.29, 0.717) is 18.2 Å². The maximum Gasteiger partial charge on any atom is 0.230 e. The fraction of sp³-hybridized carbons (Fsp3) is 0.474. The maximum absolute atomic E-state index is 12.1. The lowest BCUT2D eigenvalue weighted by Crippen LogP contribution is -2.26. The predicted octanol–water partition coefficient (Wildman–Crippen LogP) is 4.11. The quantitative estimate of drug-likeness (QED) is 0.382. The second-order valence-electron chi connectivity index (χ2n) is 6.80. The van der Waals surface area contributed by atoms with Crippen LogP contribution in [-0.2, 0) is 17.8 Å². The number of amides is 1. The van der Waals surface area contributed by atoms with E-state index in [0.717, 1.165) is 44.9 Å². The standard InChI is InChI=1S/C19H25N5OS3/c1-13(2)11-24-16(22-23-18(24)26-3)9-6-10-20-17(25)12-27-19-21-14-7-4-5-8-15(14)28-19/h4-5,7-8,13H,6,9-12H2,1-3H3,(H,20,25). The molecule has 3 aromatic rings. The fourth-order valence-corrected chi connectivity index (χ4v) is 5.19. The van der Waals surface area contributed by atoms with Crippen LogP contribution in [0.2, 0.25) is 0 Å². The SMILES string of the molecule is CSc1nnc(CCCNC(=O)CSc2nc3ccccc3s2)n1CC(C)C. The predicted molar refractivity (Wildman–Crippen MR) is 118 cm³/mol. The van der Waals surface area contributed by atoms with E-state index >= 15 is 0 Å². The van der Waals surface area contributed by atoms with Crippen LogP contribution in [0.3, 0.4) is 0 Å². The number of aromatic nitrogens is 4. The number of fused-ring (bicyclic) bond motifs is 1. The molecule has 1 amide bonds. The molecule has 2 aromatic heterocycles. The molecule has 0 saturated carbocycles. The summed E-state index contributed by atoms with van der Waals surface area (Å²) in [5.74, 6) is 1.97. The minimum atomic E-state index is 0.0395.